The van der Waals surface area contributed by atoms with E-state index in [1.165, 1.54) is 0 Å². The molecule has 1 unspecified atom stereocenters. The summed E-state index contributed by atoms with van der Waals surface area (Å²) in [7, 11) is 0. The lowest BCUT2D eigenvalue weighted by Crippen LogP contribution is -2.57. The van der Waals surface area contributed by atoms with Gasteiger partial charge in [0.25, 0.3) is 0 Å². The molecule has 0 aromatic rings. The third kappa shape index (κ3) is 3.51. The molecule has 0 aromatic carbocycles. The molecule has 0 radical (unpaired) electrons. The van der Waals surface area contributed by atoms with Crippen molar-refractivity contribution < 1.29 is 24.2 Å². The summed E-state index contributed by atoms with van der Waals surface area (Å²) in [5, 5.41) is 12.0. The van der Waals surface area contributed by atoms with Crippen LogP contribution in [0.3, 0.4) is 0 Å². The molecule has 2 amide bonds. The van der Waals surface area contributed by atoms with E-state index in [-0.39, 0.29) is 24.8 Å². The van der Waals surface area contributed by atoms with Gasteiger partial charge < -0.3 is 20.1 Å². The van der Waals surface area contributed by atoms with E-state index in [9.17, 15) is 19.5 Å². The number of likely N-dealkylation sites (tertiary alicyclic amines) is 1. The summed E-state index contributed by atoms with van der Waals surface area (Å²) in [6.45, 7) is 5.47. The van der Waals surface area contributed by atoms with Crippen LogP contribution in [0.1, 0.15) is 46.5 Å². The first-order valence-corrected chi connectivity index (χ1v) is 7.66. The van der Waals surface area contributed by atoms with Gasteiger partial charge in [0.15, 0.2) is 5.54 Å². The molecule has 1 aliphatic carbocycles. The average molecular weight is 312 g/mol. The monoisotopic (exact) mass is 312 g/mol. The summed E-state index contributed by atoms with van der Waals surface area (Å²) < 4.78 is 5.13. The number of alkyl carbamates (subject to hydrolysis) is 1. The molecule has 1 atom stereocenters. The molecule has 22 heavy (non-hydrogen) atoms. The number of hydrogen-bond acceptors (Lipinski definition) is 4. The Kier molecular flexibility index (Phi) is 4.35. The Bertz CT molecular complexity index is 481. The summed E-state index contributed by atoms with van der Waals surface area (Å²) in [5.74, 6) is -1.12. The standard InChI is InChI=1S/C15H24N2O5/c1-14(2,3)22-13(21)16-15(12(19)20)7-8-17(9-15)11(18)10-5-4-6-10/h10H,4-9H2,1-3H3,(H,16,21)(H,19,20). The van der Waals surface area contributed by atoms with E-state index in [0.29, 0.717) is 6.54 Å². The van der Waals surface area contributed by atoms with Crippen molar-refractivity contribution in [1.29, 1.82) is 0 Å². The number of carbonyl (C=O) groups is 3. The predicted octanol–water partition coefficient (Wildman–Crippen LogP) is 1.37. The maximum atomic E-state index is 12.2. The quantitative estimate of drug-likeness (QED) is 0.820. The third-order valence-electron chi connectivity index (χ3n) is 4.18. The van der Waals surface area contributed by atoms with Crippen molar-refractivity contribution in [2.45, 2.75) is 57.6 Å². The number of rotatable bonds is 3. The Morgan fingerprint density at radius 2 is 1.91 bits per heavy atom. The number of nitrogens with zero attached hydrogens (tertiary/aromatic N) is 1. The van der Waals surface area contributed by atoms with E-state index in [1.807, 2.05) is 0 Å². The molecule has 0 spiro atoms. The van der Waals surface area contributed by atoms with Gasteiger partial charge in [-0.2, -0.15) is 0 Å². The number of ether oxygens (including phenoxy) is 1. The topological polar surface area (TPSA) is 95.9 Å². The van der Waals surface area contributed by atoms with Crippen molar-refractivity contribution in [2.24, 2.45) is 5.92 Å². The lowest BCUT2D eigenvalue weighted by molar-refractivity contribution is -0.145. The third-order valence-corrected chi connectivity index (χ3v) is 4.18. The minimum Gasteiger partial charge on any atom is -0.479 e. The van der Waals surface area contributed by atoms with Gasteiger partial charge in [0.05, 0.1) is 6.54 Å². The van der Waals surface area contributed by atoms with E-state index in [0.717, 1.165) is 19.3 Å². The van der Waals surface area contributed by atoms with Crippen LogP contribution in [0.15, 0.2) is 0 Å². The fourth-order valence-corrected chi connectivity index (χ4v) is 2.74. The van der Waals surface area contributed by atoms with Crippen LogP contribution in [0.2, 0.25) is 0 Å². The van der Waals surface area contributed by atoms with Gasteiger partial charge in [-0.15, -0.1) is 0 Å². The first kappa shape index (κ1) is 16.6. The summed E-state index contributed by atoms with van der Waals surface area (Å²) in [6.07, 6.45) is 2.21. The van der Waals surface area contributed by atoms with Crippen LogP contribution in [0.5, 0.6) is 0 Å². The molecule has 0 aromatic heterocycles. The highest BCUT2D eigenvalue weighted by Crippen LogP contribution is 2.31. The Hall–Kier alpha value is -1.79. The zero-order valence-corrected chi connectivity index (χ0v) is 13.3. The second-order valence-electron chi connectivity index (χ2n) is 7.15. The summed E-state index contributed by atoms with van der Waals surface area (Å²) in [6, 6.07) is 0. The fourth-order valence-electron chi connectivity index (χ4n) is 2.74. The zero-order valence-electron chi connectivity index (χ0n) is 13.3. The second kappa shape index (κ2) is 5.78. The van der Waals surface area contributed by atoms with Crippen molar-refractivity contribution in [3.8, 4) is 0 Å². The first-order valence-electron chi connectivity index (χ1n) is 7.66. The minimum atomic E-state index is -1.46. The number of carbonyl (C=O) groups excluding carboxylic acids is 2. The Morgan fingerprint density at radius 1 is 1.27 bits per heavy atom. The second-order valence-corrected chi connectivity index (χ2v) is 7.15. The van der Waals surface area contributed by atoms with Crippen LogP contribution in [0.25, 0.3) is 0 Å². The molecule has 0 bridgehead atoms. The maximum absolute atomic E-state index is 12.2. The number of amides is 2. The Morgan fingerprint density at radius 3 is 2.36 bits per heavy atom. The largest absolute Gasteiger partial charge is 0.479 e. The number of aliphatic carboxylic acids is 1. The van der Waals surface area contributed by atoms with E-state index >= 15 is 0 Å². The van der Waals surface area contributed by atoms with Crippen LogP contribution < -0.4 is 5.32 Å². The molecule has 7 nitrogen and oxygen atoms in total. The maximum Gasteiger partial charge on any atom is 0.408 e. The summed E-state index contributed by atoms with van der Waals surface area (Å²) in [5.41, 5.74) is -2.16. The molecule has 2 aliphatic rings. The first-order chi connectivity index (χ1) is 10.1. The molecule has 124 valence electrons. The molecule has 7 heteroatoms. The van der Waals surface area contributed by atoms with Gasteiger partial charge in [0.2, 0.25) is 5.91 Å². The van der Waals surface area contributed by atoms with E-state index in [4.69, 9.17) is 4.74 Å². The molecular weight excluding hydrogens is 288 g/mol. The molecule has 2 rings (SSSR count). The minimum absolute atomic E-state index is 0.000337. The molecule has 2 N–H and O–H groups in total. The van der Waals surface area contributed by atoms with E-state index in [2.05, 4.69) is 5.32 Å². The molecule has 1 saturated heterocycles. The van der Waals surface area contributed by atoms with E-state index < -0.39 is 23.2 Å². The smallest absolute Gasteiger partial charge is 0.408 e. The van der Waals surface area contributed by atoms with Crippen molar-refractivity contribution in [3.63, 3.8) is 0 Å². The average Bonchev–Trinajstić information content (AvgIpc) is 2.69. The molecule has 1 saturated carbocycles. The van der Waals surface area contributed by atoms with Crippen LogP contribution in [-0.2, 0) is 14.3 Å². The van der Waals surface area contributed by atoms with Crippen molar-refractivity contribution in [1.82, 2.24) is 10.2 Å². The van der Waals surface area contributed by atoms with Gasteiger partial charge in [-0.05, 0) is 33.6 Å². The molecule has 2 fully saturated rings. The number of carboxylic acid groups (broad SMARTS) is 1. The van der Waals surface area contributed by atoms with Crippen LogP contribution in [-0.4, -0.2) is 52.2 Å². The highest BCUT2D eigenvalue weighted by Gasteiger charge is 2.49. The normalized spacial score (nSPS) is 25.5. The van der Waals surface area contributed by atoms with Gasteiger partial charge in [-0.25, -0.2) is 9.59 Å². The fraction of sp³-hybridized carbons (Fsp3) is 0.800. The zero-order chi connectivity index (χ0) is 16.5. The highest BCUT2D eigenvalue weighted by molar-refractivity contribution is 5.87. The lowest BCUT2D eigenvalue weighted by atomic mass is 9.84. The predicted molar refractivity (Wildman–Crippen MR) is 78.3 cm³/mol. The van der Waals surface area contributed by atoms with Gasteiger partial charge in [-0.1, -0.05) is 6.42 Å². The number of hydrogen-bond donors (Lipinski definition) is 2. The Balaban J connectivity index is 2.02. The number of nitrogens with one attached hydrogen (secondary N) is 1. The molecule has 1 heterocycles. The SMILES string of the molecule is CC(C)(C)OC(=O)NC1(C(=O)O)CCN(C(=O)C2CCC2)C1. The van der Waals surface area contributed by atoms with Gasteiger partial charge in [0.1, 0.15) is 5.60 Å². The Labute approximate surface area is 130 Å². The van der Waals surface area contributed by atoms with Gasteiger partial charge in [0, 0.05) is 18.9 Å². The summed E-state index contributed by atoms with van der Waals surface area (Å²) >= 11 is 0. The highest BCUT2D eigenvalue weighted by atomic mass is 16.6. The lowest BCUT2D eigenvalue weighted by Gasteiger charge is -2.31. The van der Waals surface area contributed by atoms with Crippen LogP contribution >= 0.6 is 0 Å². The van der Waals surface area contributed by atoms with Crippen molar-refractivity contribution in [2.75, 3.05) is 13.1 Å². The number of carboxylic acids is 1. The van der Waals surface area contributed by atoms with Crippen LogP contribution in [0.4, 0.5) is 4.79 Å². The molecule has 1 aliphatic heterocycles. The van der Waals surface area contributed by atoms with Gasteiger partial charge >= 0.3 is 12.1 Å². The van der Waals surface area contributed by atoms with Gasteiger partial charge in [-0.3, -0.25) is 4.79 Å². The van der Waals surface area contributed by atoms with Crippen molar-refractivity contribution >= 4 is 18.0 Å². The summed E-state index contributed by atoms with van der Waals surface area (Å²) in [4.78, 5) is 37.3. The van der Waals surface area contributed by atoms with E-state index in [1.54, 1.807) is 25.7 Å². The molecular formula is C15H24N2O5. The van der Waals surface area contributed by atoms with Crippen molar-refractivity contribution in [3.05, 3.63) is 0 Å². The van der Waals surface area contributed by atoms with Crippen LogP contribution in [0, 0.1) is 5.92 Å².